The van der Waals surface area contributed by atoms with Crippen LogP contribution in [0.2, 0.25) is 0 Å². The predicted molar refractivity (Wildman–Crippen MR) is 122 cm³/mol. The fraction of sp³-hybridized carbons (Fsp3) is 0.222. The van der Waals surface area contributed by atoms with Crippen molar-refractivity contribution in [2.24, 2.45) is 0 Å². The number of rotatable bonds is 7. The van der Waals surface area contributed by atoms with Crippen molar-refractivity contribution in [2.75, 3.05) is 6.61 Å². The minimum absolute atomic E-state index is 0.113. The van der Waals surface area contributed by atoms with Crippen molar-refractivity contribution in [1.82, 2.24) is 4.98 Å². The number of hydrogen-bond donors (Lipinski definition) is 0. The van der Waals surface area contributed by atoms with Crippen molar-refractivity contribution in [1.29, 1.82) is 0 Å². The predicted octanol–water partition coefficient (Wildman–Crippen LogP) is 7.31. The second kappa shape index (κ2) is 9.00. The van der Waals surface area contributed by atoms with Crippen molar-refractivity contribution in [3.63, 3.8) is 0 Å². The van der Waals surface area contributed by atoms with Crippen LogP contribution in [-0.4, -0.2) is 11.6 Å². The largest absolute Gasteiger partial charge is 0.494 e. The molecule has 3 aromatic carbocycles. The molecule has 0 saturated heterocycles. The van der Waals surface area contributed by atoms with Crippen molar-refractivity contribution in [3.05, 3.63) is 96.4 Å². The average molecular weight is 398 g/mol. The van der Waals surface area contributed by atoms with Gasteiger partial charge >= 0.3 is 0 Å². The number of ether oxygens (including phenoxy) is 1. The summed E-state index contributed by atoms with van der Waals surface area (Å²) in [5.74, 6) is 2.82. The first-order valence-corrected chi connectivity index (χ1v) is 10.5. The molecule has 0 spiro atoms. The van der Waals surface area contributed by atoms with Crippen LogP contribution in [0.1, 0.15) is 44.1 Å². The molecule has 4 rings (SSSR count). The third-order valence-electron chi connectivity index (χ3n) is 5.56. The lowest BCUT2D eigenvalue weighted by Crippen LogP contribution is -2.05. The van der Waals surface area contributed by atoms with Crippen LogP contribution in [0.25, 0.3) is 22.6 Å². The summed E-state index contributed by atoms with van der Waals surface area (Å²) in [6.45, 7) is 7.05. The minimum Gasteiger partial charge on any atom is -0.494 e. The van der Waals surface area contributed by atoms with Crippen molar-refractivity contribution < 1.29 is 9.15 Å². The molecule has 2 atom stereocenters. The lowest BCUT2D eigenvalue weighted by molar-refractivity contribution is 0.339. The number of oxazole rings is 1. The van der Waals surface area contributed by atoms with Crippen LogP contribution in [-0.2, 0) is 0 Å². The molecule has 3 nitrogen and oxygen atoms in total. The number of hydrogen-bond acceptors (Lipinski definition) is 3. The zero-order valence-corrected chi connectivity index (χ0v) is 17.7. The van der Waals surface area contributed by atoms with Gasteiger partial charge in [0.2, 0.25) is 0 Å². The van der Waals surface area contributed by atoms with Gasteiger partial charge in [0.05, 0.1) is 6.61 Å². The Morgan fingerprint density at radius 2 is 1.47 bits per heavy atom. The third-order valence-corrected chi connectivity index (χ3v) is 5.56. The van der Waals surface area contributed by atoms with Crippen LogP contribution in [0.4, 0.5) is 0 Å². The number of benzene rings is 3. The molecule has 0 amide bonds. The van der Waals surface area contributed by atoms with Crippen LogP contribution >= 0.6 is 0 Å². The molecular weight excluding hydrogens is 370 g/mol. The maximum Gasteiger partial charge on any atom is 0.198 e. The normalized spacial score (nSPS) is 13.0. The highest BCUT2D eigenvalue weighted by Gasteiger charge is 2.25. The van der Waals surface area contributed by atoms with Crippen molar-refractivity contribution in [2.45, 2.75) is 32.6 Å². The van der Waals surface area contributed by atoms with Gasteiger partial charge in [0.15, 0.2) is 11.7 Å². The summed E-state index contributed by atoms with van der Waals surface area (Å²) in [5.41, 5.74) is 4.20. The quantitative estimate of drug-likeness (QED) is 0.328. The lowest BCUT2D eigenvalue weighted by Gasteiger charge is -2.18. The highest BCUT2D eigenvalue weighted by Crippen LogP contribution is 2.39. The summed E-state index contributed by atoms with van der Waals surface area (Å²) in [4.78, 5) is 4.96. The Hall–Kier alpha value is -3.33. The summed E-state index contributed by atoms with van der Waals surface area (Å²) < 4.78 is 12.1. The fourth-order valence-corrected chi connectivity index (χ4v) is 3.67. The SMILES string of the molecule is CCOc1cccc(C(C)C(C)c2nc(-c3ccccc3)c(-c3ccccc3)o2)c1. The zero-order valence-electron chi connectivity index (χ0n) is 17.7. The van der Waals surface area contributed by atoms with Crippen molar-refractivity contribution in [3.8, 4) is 28.3 Å². The molecule has 30 heavy (non-hydrogen) atoms. The molecule has 0 N–H and O–H groups in total. The van der Waals surface area contributed by atoms with E-state index in [4.69, 9.17) is 14.1 Å². The van der Waals surface area contributed by atoms with Crippen LogP contribution in [0.5, 0.6) is 5.75 Å². The highest BCUT2D eigenvalue weighted by molar-refractivity contribution is 5.76. The minimum atomic E-state index is 0.113. The van der Waals surface area contributed by atoms with Gasteiger partial charge in [-0.3, -0.25) is 0 Å². The average Bonchev–Trinajstić information content (AvgIpc) is 3.25. The van der Waals surface area contributed by atoms with E-state index in [1.165, 1.54) is 5.56 Å². The monoisotopic (exact) mass is 397 g/mol. The number of nitrogens with zero attached hydrogens (tertiary/aromatic N) is 1. The molecular formula is C27H27NO2. The topological polar surface area (TPSA) is 35.3 Å². The van der Waals surface area contributed by atoms with E-state index in [0.717, 1.165) is 34.2 Å². The second-order valence-electron chi connectivity index (χ2n) is 7.54. The molecule has 2 unspecified atom stereocenters. The molecule has 1 aromatic heterocycles. The summed E-state index contributed by atoms with van der Waals surface area (Å²) in [7, 11) is 0. The molecule has 0 aliphatic rings. The smallest absolute Gasteiger partial charge is 0.198 e. The molecule has 1 heterocycles. The van der Waals surface area contributed by atoms with E-state index in [2.05, 4.69) is 50.2 Å². The third kappa shape index (κ3) is 4.16. The van der Waals surface area contributed by atoms with Gasteiger partial charge in [-0.15, -0.1) is 0 Å². The van der Waals surface area contributed by atoms with E-state index in [1.807, 2.05) is 55.5 Å². The molecule has 0 aliphatic carbocycles. The van der Waals surface area contributed by atoms with Crippen LogP contribution in [0, 0.1) is 0 Å². The first-order chi connectivity index (χ1) is 14.7. The van der Waals surface area contributed by atoms with E-state index in [1.54, 1.807) is 0 Å². The van der Waals surface area contributed by atoms with Gasteiger partial charge in [0, 0.05) is 17.0 Å². The fourth-order valence-electron chi connectivity index (χ4n) is 3.67. The molecule has 0 aliphatic heterocycles. The van der Waals surface area contributed by atoms with E-state index < -0.39 is 0 Å². The Labute approximate surface area is 178 Å². The van der Waals surface area contributed by atoms with Gasteiger partial charge in [-0.1, -0.05) is 86.6 Å². The molecule has 4 aromatic rings. The zero-order chi connectivity index (χ0) is 20.9. The van der Waals surface area contributed by atoms with Crippen molar-refractivity contribution >= 4 is 0 Å². The lowest BCUT2D eigenvalue weighted by atomic mass is 9.89. The van der Waals surface area contributed by atoms with Gasteiger partial charge < -0.3 is 9.15 Å². The maximum absolute atomic E-state index is 6.40. The first-order valence-electron chi connectivity index (χ1n) is 10.5. The summed E-state index contributed by atoms with van der Waals surface area (Å²) >= 11 is 0. The Morgan fingerprint density at radius 1 is 0.800 bits per heavy atom. The van der Waals surface area contributed by atoms with Gasteiger partial charge in [-0.25, -0.2) is 4.98 Å². The van der Waals surface area contributed by atoms with Crippen LogP contribution < -0.4 is 4.74 Å². The van der Waals surface area contributed by atoms with Crippen LogP contribution in [0.15, 0.2) is 89.3 Å². The van der Waals surface area contributed by atoms with E-state index in [9.17, 15) is 0 Å². The first kappa shape index (κ1) is 20.0. The van der Waals surface area contributed by atoms with Gasteiger partial charge in [0.25, 0.3) is 0 Å². The standard InChI is InChI=1S/C27H27NO2/c1-4-29-24-17-11-16-23(18-24)19(2)20(3)27-28-25(21-12-7-5-8-13-21)26(30-27)22-14-9-6-10-15-22/h5-20H,4H2,1-3H3. The van der Waals surface area contributed by atoms with E-state index in [0.29, 0.717) is 6.61 Å². The molecule has 0 fully saturated rings. The highest BCUT2D eigenvalue weighted by atomic mass is 16.5. The maximum atomic E-state index is 6.40. The second-order valence-corrected chi connectivity index (χ2v) is 7.54. The van der Waals surface area contributed by atoms with Gasteiger partial charge in [-0.05, 0) is 30.5 Å². The Kier molecular flexibility index (Phi) is 5.99. The summed E-state index contributed by atoms with van der Waals surface area (Å²) in [6.07, 6.45) is 0. The van der Waals surface area contributed by atoms with E-state index >= 15 is 0 Å². The molecule has 0 radical (unpaired) electrons. The molecule has 3 heteroatoms. The summed E-state index contributed by atoms with van der Waals surface area (Å²) in [6, 6.07) is 28.7. The molecule has 0 bridgehead atoms. The molecule has 0 saturated carbocycles. The van der Waals surface area contributed by atoms with E-state index in [-0.39, 0.29) is 11.8 Å². The number of aromatic nitrogens is 1. The van der Waals surface area contributed by atoms with Crippen LogP contribution in [0.3, 0.4) is 0 Å². The Balaban J connectivity index is 1.72. The van der Waals surface area contributed by atoms with Gasteiger partial charge in [-0.2, -0.15) is 0 Å². The summed E-state index contributed by atoms with van der Waals surface area (Å²) in [5, 5.41) is 0. The van der Waals surface area contributed by atoms with Gasteiger partial charge in [0.1, 0.15) is 11.4 Å². The Morgan fingerprint density at radius 3 is 2.13 bits per heavy atom. The molecule has 152 valence electrons. The Bertz CT molecular complexity index is 1030.